The average Bonchev–Trinajstić information content (AvgIpc) is 3.39. The van der Waals surface area contributed by atoms with Crippen LogP contribution in [0.25, 0.3) is 0 Å². The molecule has 6 aliphatic rings. The van der Waals surface area contributed by atoms with Crippen LogP contribution in [-0.2, 0) is 9.53 Å². The molecule has 2 aliphatic carbocycles. The molecular weight excluding hydrogens is 550 g/mol. The van der Waals surface area contributed by atoms with Crippen LogP contribution in [0.2, 0.25) is 0 Å². The molecular formula is C32H52ClN7O2. The third kappa shape index (κ3) is 6.15. The summed E-state index contributed by atoms with van der Waals surface area (Å²) in [5, 5.41) is 17.7. The van der Waals surface area contributed by atoms with Gasteiger partial charge in [0.05, 0.1) is 31.3 Å². The van der Waals surface area contributed by atoms with Crippen molar-refractivity contribution in [1.82, 2.24) is 30.2 Å². The molecule has 6 rings (SSSR count). The number of carbonyl (C=O) groups is 1. The van der Waals surface area contributed by atoms with Crippen LogP contribution >= 0.6 is 11.6 Å². The number of hydrogen-bond donors (Lipinski definition) is 2. The van der Waals surface area contributed by atoms with E-state index in [1.165, 1.54) is 44.6 Å². The monoisotopic (exact) mass is 601 g/mol. The van der Waals surface area contributed by atoms with Crippen molar-refractivity contribution in [2.24, 2.45) is 17.3 Å². The quantitative estimate of drug-likeness (QED) is 0.355. The Bertz CT molecular complexity index is 1030. The molecule has 0 aromatic rings. The molecule has 2 saturated carbocycles. The van der Waals surface area contributed by atoms with Crippen molar-refractivity contribution in [3.63, 3.8) is 0 Å². The standard InChI is InChI=1S/C32H52ClN7O2/c1-4-28(41)40-16-15-39(19-23(40)11-13-34)30-25-10-12-32(17-22-7-5-9-26(33)29(22)38(3)21-32)18-27(25)35-31(36-30)42-20-24-8-6-14-37(24)2/h4,22-27,29-31,35-36H,1,5-12,14-21H2,2-3H3/t22?,23?,24?,25?,26?,27?,29?,30?,31?,32-/m0/s1. The van der Waals surface area contributed by atoms with Crippen molar-refractivity contribution in [1.29, 1.82) is 5.26 Å². The Balaban J connectivity index is 1.20. The highest BCUT2D eigenvalue weighted by molar-refractivity contribution is 6.21. The third-order valence-electron chi connectivity index (χ3n) is 11.8. The summed E-state index contributed by atoms with van der Waals surface area (Å²) in [6, 6.07) is 3.55. The fourth-order valence-electron chi connectivity index (χ4n) is 9.82. The van der Waals surface area contributed by atoms with Crippen LogP contribution in [0, 0.1) is 28.6 Å². The Morgan fingerprint density at radius 3 is 2.71 bits per heavy atom. The Kier molecular flexibility index (Phi) is 9.52. The number of carbonyl (C=O) groups excluding carboxylic acids is 1. The lowest BCUT2D eigenvalue weighted by molar-refractivity contribution is -0.139. The minimum atomic E-state index is -0.210. The number of nitrogens with zero attached hydrogens (tertiary/aromatic N) is 5. The molecule has 42 heavy (non-hydrogen) atoms. The Hall–Kier alpha value is -1.25. The van der Waals surface area contributed by atoms with Crippen LogP contribution in [0.4, 0.5) is 0 Å². The molecule has 4 aliphatic heterocycles. The molecule has 0 aromatic heterocycles. The molecule has 0 bridgehead atoms. The summed E-state index contributed by atoms with van der Waals surface area (Å²) in [4.78, 5) is 22.0. The summed E-state index contributed by atoms with van der Waals surface area (Å²) < 4.78 is 6.61. The SMILES string of the molecule is C=CC(=O)N1CCN(C2NC(OCC3CCCN3C)NC3C[C@]4(CCC32)CC2CCCC(Cl)C2N(C)C4)CC1CC#N. The van der Waals surface area contributed by atoms with E-state index in [0.29, 0.717) is 54.9 Å². The number of ether oxygens (including phenoxy) is 1. The van der Waals surface area contributed by atoms with Gasteiger partial charge in [-0.15, -0.1) is 11.6 Å². The van der Waals surface area contributed by atoms with Crippen LogP contribution in [0.5, 0.6) is 0 Å². The van der Waals surface area contributed by atoms with Gasteiger partial charge in [0.25, 0.3) is 0 Å². The van der Waals surface area contributed by atoms with E-state index < -0.39 is 0 Å². The molecule has 10 atom stereocenters. The second kappa shape index (κ2) is 13.0. The number of fused-ring (bicyclic) bond motifs is 2. The fourth-order valence-corrected chi connectivity index (χ4v) is 10.4. The zero-order valence-corrected chi connectivity index (χ0v) is 26.5. The molecule has 10 heteroatoms. The van der Waals surface area contributed by atoms with Crippen molar-refractivity contribution in [3.05, 3.63) is 12.7 Å². The zero-order valence-electron chi connectivity index (χ0n) is 25.7. The van der Waals surface area contributed by atoms with E-state index in [1.54, 1.807) is 0 Å². The number of rotatable bonds is 6. The predicted molar refractivity (Wildman–Crippen MR) is 165 cm³/mol. The molecule has 2 N–H and O–H groups in total. The number of halogens is 1. The lowest BCUT2D eigenvalue weighted by Gasteiger charge is -2.59. The van der Waals surface area contributed by atoms with Crippen molar-refractivity contribution in [3.8, 4) is 6.07 Å². The van der Waals surface area contributed by atoms with Gasteiger partial charge in [-0.25, -0.2) is 0 Å². The molecule has 234 valence electrons. The first kappa shape index (κ1) is 30.8. The van der Waals surface area contributed by atoms with Gasteiger partial charge in [0.1, 0.15) is 0 Å². The molecule has 1 amide bonds. The van der Waals surface area contributed by atoms with E-state index in [4.69, 9.17) is 16.3 Å². The normalized spacial score (nSPS) is 43.5. The van der Waals surface area contributed by atoms with E-state index in [9.17, 15) is 10.1 Å². The molecule has 9 nitrogen and oxygen atoms in total. The van der Waals surface area contributed by atoms with Gasteiger partial charge in [-0.2, -0.15) is 5.26 Å². The lowest BCUT2D eigenvalue weighted by atomic mass is 9.59. The number of piperazine rings is 1. The number of likely N-dealkylation sites (tertiary alicyclic amines) is 2. The number of alkyl halides is 1. The maximum Gasteiger partial charge on any atom is 0.246 e. The van der Waals surface area contributed by atoms with Crippen molar-refractivity contribution in [2.75, 3.05) is 53.4 Å². The summed E-state index contributed by atoms with van der Waals surface area (Å²) >= 11 is 6.88. The lowest BCUT2D eigenvalue weighted by Crippen LogP contribution is -2.73. The molecule has 6 fully saturated rings. The minimum Gasteiger partial charge on any atom is -0.348 e. The molecule has 0 aromatic carbocycles. The summed E-state index contributed by atoms with van der Waals surface area (Å²) in [6.07, 6.45) is 12.6. The van der Waals surface area contributed by atoms with E-state index in [1.807, 2.05) is 4.90 Å². The maximum absolute atomic E-state index is 12.6. The summed E-state index contributed by atoms with van der Waals surface area (Å²) in [6.45, 7) is 8.79. The third-order valence-corrected chi connectivity index (χ3v) is 12.3. The summed E-state index contributed by atoms with van der Waals surface area (Å²) in [7, 11) is 4.52. The summed E-state index contributed by atoms with van der Waals surface area (Å²) in [5.41, 5.74) is 0.314. The van der Waals surface area contributed by atoms with Crippen LogP contribution in [0.15, 0.2) is 12.7 Å². The van der Waals surface area contributed by atoms with Gasteiger partial charge in [0, 0.05) is 55.6 Å². The van der Waals surface area contributed by atoms with Crippen LogP contribution in [-0.4, -0.2) is 121 Å². The Morgan fingerprint density at radius 1 is 1.10 bits per heavy atom. The number of hydrogen-bond acceptors (Lipinski definition) is 8. The highest BCUT2D eigenvalue weighted by Gasteiger charge is 2.53. The van der Waals surface area contributed by atoms with Gasteiger partial charge in [0.15, 0.2) is 6.35 Å². The second-order valence-electron chi connectivity index (χ2n) is 14.3. The smallest absolute Gasteiger partial charge is 0.246 e. The van der Waals surface area contributed by atoms with Crippen molar-refractivity contribution < 1.29 is 9.53 Å². The summed E-state index contributed by atoms with van der Waals surface area (Å²) in [5.74, 6) is 1.07. The molecule has 1 spiro atoms. The van der Waals surface area contributed by atoms with Crippen LogP contribution in [0.3, 0.4) is 0 Å². The van der Waals surface area contributed by atoms with E-state index in [2.05, 4.69) is 52.1 Å². The first-order chi connectivity index (χ1) is 20.3. The highest BCUT2D eigenvalue weighted by atomic mass is 35.5. The van der Waals surface area contributed by atoms with Crippen LogP contribution < -0.4 is 10.6 Å². The number of amides is 1. The number of nitriles is 1. The predicted octanol–water partition coefficient (Wildman–Crippen LogP) is 2.78. The van der Waals surface area contributed by atoms with Gasteiger partial charge < -0.3 is 19.4 Å². The van der Waals surface area contributed by atoms with Gasteiger partial charge in [-0.05, 0) is 89.4 Å². The minimum absolute atomic E-state index is 0.0748. The Morgan fingerprint density at radius 2 is 1.95 bits per heavy atom. The Labute approximate surface area is 257 Å². The van der Waals surface area contributed by atoms with E-state index in [-0.39, 0.29) is 29.8 Å². The van der Waals surface area contributed by atoms with E-state index in [0.717, 1.165) is 45.5 Å². The molecule has 4 heterocycles. The molecule has 0 radical (unpaired) electrons. The van der Waals surface area contributed by atoms with Gasteiger partial charge in [-0.1, -0.05) is 13.0 Å². The second-order valence-corrected chi connectivity index (χ2v) is 14.9. The van der Waals surface area contributed by atoms with Gasteiger partial charge in [-0.3, -0.25) is 20.3 Å². The molecule has 4 saturated heterocycles. The number of likely N-dealkylation sites (N-methyl/N-ethyl adjacent to an activating group) is 1. The average molecular weight is 602 g/mol. The number of piperidine rings is 1. The highest BCUT2D eigenvalue weighted by Crippen LogP contribution is 2.52. The van der Waals surface area contributed by atoms with Gasteiger partial charge in [0.2, 0.25) is 5.91 Å². The first-order valence-electron chi connectivity index (χ1n) is 16.5. The fraction of sp³-hybridized carbons (Fsp3) is 0.875. The van der Waals surface area contributed by atoms with Crippen molar-refractivity contribution in [2.45, 2.75) is 106 Å². The largest absolute Gasteiger partial charge is 0.348 e. The maximum atomic E-state index is 12.6. The number of nitrogens with one attached hydrogen (secondary N) is 2. The zero-order chi connectivity index (χ0) is 29.4. The van der Waals surface area contributed by atoms with Crippen LogP contribution in [0.1, 0.15) is 64.2 Å². The van der Waals surface area contributed by atoms with Crippen molar-refractivity contribution >= 4 is 17.5 Å². The van der Waals surface area contributed by atoms with E-state index >= 15 is 0 Å². The molecule has 9 unspecified atom stereocenters. The first-order valence-corrected chi connectivity index (χ1v) is 17.0. The van der Waals surface area contributed by atoms with Gasteiger partial charge >= 0.3 is 0 Å². The topological polar surface area (TPSA) is 87.1 Å².